The van der Waals surface area contributed by atoms with Gasteiger partial charge in [-0.1, -0.05) is 114 Å². The third-order valence-corrected chi connectivity index (χ3v) is 8.42. The number of ether oxygens (including phenoxy) is 2. The molecule has 0 aliphatic carbocycles. The van der Waals surface area contributed by atoms with Crippen LogP contribution in [0.25, 0.3) is 0 Å². The monoisotopic (exact) mass is 714 g/mol. The number of phosphoric acid groups is 1. The number of allylic oxidation sites excluding steroid dienone is 8. The lowest BCUT2D eigenvalue weighted by molar-refractivity contribution is -0.161. The van der Waals surface area contributed by atoms with E-state index in [4.69, 9.17) is 19.1 Å². The van der Waals surface area contributed by atoms with Crippen molar-refractivity contribution in [1.82, 2.24) is 0 Å². The van der Waals surface area contributed by atoms with E-state index in [9.17, 15) is 24.2 Å². The number of unbranched alkanes of at least 4 members (excludes halogenated alkanes) is 12. The maximum atomic E-state index is 12.5. The maximum absolute atomic E-state index is 12.5. The summed E-state index contributed by atoms with van der Waals surface area (Å²) in [7, 11) is -4.62. The van der Waals surface area contributed by atoms with Crippen molar-refractivity contribution >= 4 is 19.8 Å². The second-order valence-electron chi connectivity index (χ2n) is 12.2. The summed E-state index contributed by atoms with van der Waals surface area (Å²) in [5, 5.41) is 18.2. The van der Waals surface area contributed by atoms with E-state index >= 15 is 0 Å². The Labute approximate surface area is 296 Å². The molecule has 0 spiro atoms. The topological polar surface area (TPSA) is 149 Å². The lowest BCUT2D eigenvalue weighted by Crippen LogP contribution is -2.29. The summed E-state index contributed by atoms with van der Waals surface area (Å²) in [6.45, 7) is 2.17. The Morgan fingerprint density at radius 2 is 1.12 bits per heavy atom. The van der Waals surface area contributed by atoms with Crippen LogP contribution in [0.2, 0.25) is 0 Å². The van der Waals surface area contributed by atoms with Crippen LogP contribution in [-0.4, -0.2) is 65.7 Å². The molecule has 0 bridgehead atoms. The van der Waals surface area contributed by atoms with Gasteiger partial charge in [0.25, 0.3) is 0 Å². The molecule has 284 valence electrons. The zero-order chi connectivity index (χ0) is 36.3. The number of rotatable bonds is 34. The van der Waals surface area contributed by atoms with Crippen LogP contribution in [0.15, 0.2) is 48.6 Å². The minimum absolute atomic E-state index is 0.168. The van der Waals surface area contributed by atoms with Gasteiger partial charge in [-0.05, 0) is 64.2 Å². The molecule has 0 aromatic carbocycles. The fraction of sp³-hybridized carbons (Fsp3) is 0.737. The molecule has 0 aliphatic rings. The molecular weight excluding hydrogens is 647 g/mol. The molecule has 0 saturated heterocycles. The number of hydrogen-bond acceptors (Lipinski definition) is 9. The second-order valence-corrected chi connectivity index (χ2v) is 13.7. The first-order chi connectivity index (χ1) is 23.7. The van der Waals surface area contributed by atoms with Crippen LogP contribution >= 0.6 is 7.82 Å². The van der Waals surface area contributed by atoms with Crippen LogP contribution in [0.3, 0.4) is 0 Å². The molecule has 49 heavy (non-hydrogen) atoms. The highest BCUT2D eigenvalue weighted by Crippen LogP contribution is 2.43. The van der Waals surface area contributed by atoms with Gasteiger partial charge in [-0.2, -0.15) is 0 Å². The summed E-state index contributed by atoms with van der Waals surface area (Å²) in [5.74, 6) is -0.962. The number of carbonyl (C=O) groups is 2. The van der Waals surface area contributed by atoms with E-state index in [1.165, 1.54) is 12.8 Å². The highest BCUT2D eigenvalue weighted by molar-refractivity contribution is 7.47. The van der Waals surface area contributed by atoms with Gasteiger partial charge in [-0.3, -0.25) is 18.6 Å². The SMILES string of the molecule is CC/C=C/C/C=C/C/C=C/CCCCCCCC(=O)OC[C@H](COP(=O)(O)OC[C@@H](O)CO)OC(=O)CCCCCCC/C=C/CCCC. The van der Waals surface area contributed by atoms with Crippen molar-refractivity contribution in [3.63, 3.8) is 0 Å². The van der Waals surface area contributed by atoms with E-state index in [1.54, 1.807) is 0 Å². The zero-order valence-corrected chi connectivity index (χ0v) is 31.3. The minimum atomic E-state index is -4.62. The van der Waals surface area contributed by atoms with Crippen LogP contribution in [0.5, 0.6) is 0 Å². The third-order valence-electron chi connectivity index (χ3n) is 7.47. The van der Waals surface area contributed by atoms with E-state index in [0.29, 0.717) is 12.8 Å². The molecule has 3 N–H and O–H groups in total. The molecule has 1 unspecified atom stereocenters. The van der Waals surface area contributed by atoms with Crippen molar-refractivity contribution in [3.8, 4) is 0 Å². The Balaban J connectivity index is 4.41. The molecule has 10 nitrogen and oxygen atoms in total. The van der Waals surface area contributed by atoms with Gasteiger partial charge in [0.1, 0.15) is 12.7 Å². The van der Waals surface area contributed by atoms with Crippen LogP contribution in [0.1, 0.15) is 142 Å². The predicted octanol–water partition coefficient (Wildman–Crippen LogP) is 8.99. The molecule has 0 radical (unpaired) electrons. The second kappa shape index (κ2) is 34.4. The van der Waals surface area contributed by atoms with Gasteiger partial charge in [0.15, 0.2) is 6.10 Å². The first kappa shape index (κ1) is 46.9. The number of carbonyl (C=O) groups excluding carboxylic acids is 2. The Morgan fingerprint density at radius 3 is 1.71 bits per heavy atom. The lowest BCUT2D eigenvalue weighted by atomic mass is 10.1. The predicted molar refractivity (Wildman–Crippen MR) is 196 cm³/mol. The third kappa shape index (κ3) is 34.2. The van der Waals surface area contributed by atoms with Gasteiger partial charge in [-0.25, -0.2) is 4.57 Å². The molecular formula is C38H67O10P. The normalized spacial score (nSPS) is 14.6. The standard InChI is InChI=1S/C38H67O10P/c1-3-5-7-9-11-13-15-16-17-18-20-21-23-25-27-29-37(41)45-33-36(34-47-49(43,44)46-32-35(40)31-39)48-38(42)30-28-26-24-22-19-14-12-10-8-6-4-2/h5,7,10-13,16-17,35-36,39-40H,3-4,6,8-9,14-15,18-34H2,1-2H3,(H,43,44)/b7-5+,12-10+,13-11+,17-16+/t35-,36+/m0/s1. The van der Waals surface area contributed by atoms with Gasteiger partial charge in [-0.15, -0.1) is 0 Å². The first-order valence-electron chi connectivity index (χ1n) is 18.6. The summed E-state index contributed by atoms with van der Waals surface area (Å²) in [6.07, 6.45) is 33.7. The van der Waals surface area contributed by atoms with Gasteiger partial charge in [0.2, 0.25) is 0 Å². The maximum Gasteiger partial charge on any atom is 0.472 e. The first-order valence-corrected chi connectivity index (χ1v) is 20.1. The lowest BCUT2D eigenvalue weighted by Gasteiger charge is -2.20. The average Bonchev–Trinajstić information content (AvgIpc) is 3.09. The fourth-order valence-electron chi connectivity index (χ4n) is 4.57. The molecule has 0 aromatic rings. The molecule has 0 rings (SSSR count). The highest BCUT2D eigenvalue weighted by atomic mass is 31.2. The Bertz CT molecular complexity index is 962. The van der Waals surface area contributed by atoms with E-state index in [1.807, 2.05) is 0 Å². The number of aliphatic hydroxyl groups is 2. The van der Waals surface area contributed by atoms with E-state index in [-0.39, 0.29) is 19.4 Å². The van der Waals surface area contributed by atoms with Crippen LogP contribution in [0, 0.1) is 0 Å². The van der Waals surface area contributed by atoms with Crippen molar-refractivity contribution in [2.45, 2.75) is 154 Å². The summed E-state index contributed by atoms with van der Waals surface area (Å²) in [5.41, 5.74) is 0. The van der Waals surface area contributed by atoms with E-state index in [0.717, 1.165) is 89.9 Å². The number of aliphatic hydroxyl groups excluding tert-OH is 2. The summed E-state index contributed by atoms with van der Waals surface area (Å²) >= 11 is 0. The van der Waals surface area contributed by atoms with Crippen molar-refractivity contribution in [2.24, 2.45) is 0 Å². The number of hydrogen-bond donors (Lipinski definition) is 3. The fourth-order valence-corrected chi connectivity index (χ4v) is 5.36. The molecule has 11 heteroatoms. The summed E-state index contributed by atoms with van der Waals surface area (Å²) in [4.78, 5) is 34.8. The van der Waals surface area contributed by atoms with E-state index in [2.05, 4.69) is 67.0 Å². The van der Waals surface area contributed by atoms with Crippen LogP contribution in [0.4, 0.5) is 0 Å². The smallest absolute Gasteiger partial charge is 0.462 e. The summed E-state index contributed by atoms with van der Waals surface area (Å²) in [6, 6.07) is 0. The van der Waals surface area contributed by atoms with Gasteiger partial charge < -0.3 is 24.6 Å². The van der Waals surface area contributed by atoms with Gasteiger partial charge >= 0.3 is 19.8 Å². The quantitative estimate of drug-likeness (QED) is 0.0255. The highest BCUT2D eigenvalue weighted by Gasteiger charge is 2.27. The molecule has 0 fully saturated rings. The molecule has 0 aromatic heterocycles. The zero-order valence-electron chi connectivity index (χ0n) is 30.4. The molecule has 3 atom stereocenters. The average molecular weight is 715 g/mol. The van der Waals surface area contributed by atoms with Crippen LogP contribution < -0.4 is 0 Å². The van der Waals surface area contributed by atoms with E-state index < -0.39 is 51.8 Å². The van der Waals surface area contributed by atoms with Crippen molar-refractivity contribution in [1.29, 1.82) is 0 Å². The number of esters is 2. The molecule has 0 amide bonds. The largest absolute Gasteiger partial charge is 0.472 e. The van der Waals surface area contributed by atoms with Crippen molar-refractivity contribution in [2.75, 3.05) is 26.4 Å². The Morgan fingerprint density at radius 1 is 0.633 bits per heavy atom. The van der Waals surface area contributed by atoms with Gasteiger partial charge in [0.05, 0.1) is 19.8 Å². The van der Waals surface area contributed by atoms with Crippen LogP contribution in [-0.2, 0) is 32.7 Å². The van der Waals surface area contributed by atoms with Crippen molar-refractivity contribution < 1.29 is 47.8 Å². The Kier molecular flexibility index (Phi) is 32.9. The molecule has 0 saturated carbocycles. The molecule has 0 heterocycles. The van der Waals surface area contributed by atoms with Gasteiger partial charge in [0, 0.05) is 12.8 Å². The Hall–Kier alpha value is -2.07. The van der Waals surface area contributed by atoms with Crippen molar-refractivity contribution in [3.05, 3.63) is 48.6 Å². The number of phosphoric ester groups is 1. The summed E-state index contributed by atoms with van der Waals surface area (Å²) < 4.78 is 32.5. The minimum Gasteiger partial charge on any atom is -0.462 e. The molecule has 0 aliphatic heterocycles.